The lowest BCUT2D eigenvalue weighted by atomic mass is 9.96. The van der Waals surface area contributed by atoms with E-state index in [4.69, 9.17) is 0 Å². The summed E-state index contributed by atoms with van der Waals surface area (Å²) in [6.45, 7) is 0. The van der Waals surface area contributed by atoms with Gasteiger partial charge in [0.25, 0.3) is 5.91 Å². The van der Waals surface area contributed by atoms with Gasteiger partial charge >= 0.3 is 0 Å². The first-order chi connectivity index (χ1) is 8.36. The second kappa shape index (κ2) is 5.99. The fourth-order valence-corrected chi connectivity index (χ4v) is 1.81. The van der Waals surface area contributed by atoms with Crippen molar-refractivity contribution < 1.29 is 4.79 Å². The number of hydrogen-bond donors (Lipinski definition) is 1. The molecule has 1 aromatic carbocycles. The summed E-state index contributed by atoms with van der Waals surface area (Å²) in [4.78, 5) is 11.6. The molecule has 0 radical (unpaired) electrons. The fraction of sp³-hybridized carbons (Fsp3) is 0.286. The average Bonchev–Trinajstić information content (AvgIpc) is 2.41. The van der Waals surface area contributed by atoms with Crippen molar-refractivity contribution in [3.8, 4) is 0 Å². The molecule has 1 aromatic rings. The molecule has 1 amide bonds. The second-order valence-electron chi connectivity index (χ2n) is 4.13. The van der Waals surface area contributed by atoms with Crippen molar-refractivity contribution in [2.45, 2.75) is 19.3 Å². The number of allylic oxidation sites excluding steroid dienone is 2. The van der Waals surface area contributed by atoms with Crippen LogP contribution in [0.5, 0.6) is 0 Å². The molecule has 1 N–H and O–H groups in total. The van der Waals surface area contributed by atoms with Crippen LogP contribution in [-0.2, 0) is 0 Å². The van der Waals surface area contributed by atoms with Crippen molar-refractivity contribution in [2.75, 3.05) is 0 Å². The molecule has 3 heteroatoms. The van der Waals surface area contributed by atoms with Crippen molar-refractivity contribution in [1.29, 1.82) is 0 Å². The standard InChI is InChI=1S/C14H16N2O/c17-14(13-9-5-2-6-10-13)16-15-11-12-7-3-1-4-8-12/h1-3,5-6,9-12H,4,7-8H2,(H,16,17). The highest BCUT2D eigenvalue weighted by Gasteiger charge is 2.07. The van der Waals surface area contributed by atoms with Crippen LogP contribution in [0, 0.1) is 5.92 Å². The van der Waals surface area contributed by atoms with Gasteiger partial charge < -0.3 is 0 Å². The Morgan fingerprint density at radius 1 is 1.29 bits per heavy atom. The number of benzene rings is 1. The first-order valence-corrected chi connectivity index (χ1v) is 5.90. The highest BCUT2D eigenvalue weighted by atomic mass is 16.2. The summed E-state index contributed by atoms with van der Waals surface area (Å²) in [5.74, 6) is 0.296. The van der Waals surface area contributed by atoms with Crippen LogP contribution in [0.4, 0.5) is 0 Å². The third-order valence-corrected chi connectivity index (χ3v) is 2.80. The number of nitrogens with zero attached hydrogens (tertiary/aromatic N) is 1. The molecular formula is C14H16N2O. The first kappa shape index (κ1) is 11.6. The van der Waals surface area contributed by atoms with Gasteiger partial charge in [0.2, 0.25) is 0 Å². The zero-order chi connectivity index (χ0) is 11.9. The molecule has 0 aliphatic heterocycles. The van der Waals surface area contributed by atoms with Gasteiger partial charge in [0.05, 0.1) is 0 Å². The summed E-state index contributed by atoms with van der Waals surface area (Å²) >= 11 is 0. The highest BCUT2D eigenvalue weighted by Crippen LogP contribution is 2.15. The molecule has 88 valence electrons. The maximum absolute atomic E-state index is 11.6. The maximum Gasteiger partial charge on any atom is 0.271 e. The molecule has 1 atom stereocenters. The molecule has 0 spiro atoms. The van der Waals surface area contributed by atoms with Crippen LogP contribution < -0.4 is 5.43 Å². The molecule has 0 fully saturated rings. The lowest BCUT2D eigenvalue weighted by Crippen LogP contribution is -2.18. The van der Waals surface area contributed by atoms with Crippen molar-refractivity contribution >= 4 is 12.1 Å². The number of carbonyl (C=O) groups excluding carboxylic acids is 1. The van der Waals surface area contributed by atoms with Crippen LogP contribution in [0.15, 0.2) is 47.6 Å². The van der Waals surface area contributed by atoms with E-state index in [1.807, 2.05) is 24.4 Å². The van der Waals surface area contributed by atoms with Crippen LogP contribution in [0.1, 0.15) is 29.6 Å². The molecule has 2 rings (SSSR count). The van der Waals surface area contributed by atoms with Gasteiger partial charge in [0, 0.05) is 11.8 Å². The summed E-state index contributed by atoms with van der Waals surface area (Å²) < 4.78 is 0. The molecule has 1 aliphatic rings. The van der Waals surface area contributed by atoms with Gasteiger partial charge in [0.1, 0.15) is 0 Å². The molecule has 0 saturated carbocycles. The van der Waals surface area contributed by atoms with E-state index in [0.29, 0.717) is 11.5 Å². The van der Waals surface area contributed by atoms with Gasteiger partial charge in [-0.3, -0.25) is 4.79 Å². The number of carbonyl (C=O) groups is 1. The smallest absolute Gasteiger partial charge is 0.267 e. The Hall–Kier alpha value is -1.90. The van der Waals surface area contributed by atoms with Crippen molar-refractivity contribution in [1.82, 2.24) is 5.43 Å². The molecule has 1 aliphatic carbocycles. The van der Waals surface area contributed by atoms with Gasteiger partial charge in [-0.1, -0.05) is 30.4 Å². The SMILES string of the molecule is O=C(NN=CC1CC=CCC1)c1ccccc1. The Labute approximate surface area is 101 Å². The lowest BCUT2D eigenvalue weighted by Gasteiger charge is -2.11. The van der Waals surface area contributed by atoms with E-state index in [-0.39, 0.29) is 5.91 Å². The van der Waals surface area contributed by atoms with E-state index in [0.717, 1.165) is 19.3 Å². The Morgan fingerprint density at radius 3 is 2.82 bits per heavy atom. The topological polar surface area (TPSA) is 41.5 Å². The Balaban J connectivity index is 1.84. The zero-order valence-electron chi connectivity index (χ0n) is 9.67. The molecule has 0 bridgehead atoms. The number of nitrogens with one attached hydrogen (secondary N) is 1. The molecule has 0 aromatic heterocycles. The molecule has 17 heavy (non-hydrogen) atoms. The Kier molecular flexibility index (Phi) is 4.08. The average molecular weight is 228 g/mol. The van der Waals surface area contributed by atoms with Gasteiger partial charge in [-0.2, -0.15) is 5.10 Å². The maximum atomic E-state index is 11.6. The summed E-state index contributed by atoms with van der Waals surface area (Å²) in [6.07, 6.45) is 9.42. The van der Waals surface area contributed by atoms with Gasteiger partial charge in [-0.25, -0.2) is 5.43 Å². The number of hydrazone groups is 1. The van der Waals surface area contributed by atoms with E-state index in [1.165, 1.54) is 0 Å². The third-order valence-electron chi connectivity index (χ3n) is 2.80. The number of hydrogen-bond acceptors (Lipinski definition) is 2. The predicted molar refractivity (Wildman–Crippen MR) is 68.9 cm³/mol. The molecule has 3 nitrogen and oxygen atoms in total. The van der Waals surface area contributed by atoms with Gasteiger partial charge in [-0.05, 0) is 37.3 Å². The second-order valence-corrected chi connectivity index (χ2v) is 4.13. The van der Waals surface area contributed by atoms with E-state index in [9.17, 15) is 4.79 Å². The van der Waals surface area contributed by atoms with Crippen LogP contribution in [0.3, 0.4) is 0 Å². The zero-order valence-corrected chi connectivity index (χ0v) is 9.67. The summed E-state index contributed by atoms with van der Waals surface area (Å²) in [5.41, 5.74) is 3.19. The van der Waals surface area contributed by atoms with Gasteiger partial charge in [-0.15, -0.1) is 0 Å². The van der Waals surface area contributed by atoms with Crippen molar-refractivity contribution in [3.05, 3.63) is 48.0 Å². The number of amides is 1. The highest BCUT2D eigenvalue weighted by molar-refractivity contribution is 5.94. The summed E-state index contributed by atoms with van der Waals surface area (Å²) in [7, 11) is 0. The quantitative estimate of drug-likeness (QED) is 0.482. The largest absolute Gasteiger partial charge is 0.271 e. The van der Waals surface area contributed by atoms with Crippen molar-refractivity contribution in [2.24, 2.45) is 11.0 Å². The van der Waals surface area contributed by atoms with Crippen molar-refractivity contribution in [3.63, 3.8) is 0 Å². The third kappa shape index (κ3) is 3.55. The van der Waals surface area contributed by atoms with Crippen LogP contribution >= 0.6 is 0 Å². The summed E-state index contributed by atoms with van der Waals surface area (Å²) in [5, 5.41) is 4.01. The minimum Gasteiger partial charge on any atom is -0.267 e. The van der Waals surface area contributed by atoms with Gasteiger partial charge in [0.15, 0.2) is 0 Å². The molecular weight excluding hydrogens is 212 g/mol. The normalized spacial score (nSPS) is 19.4. The first-order valence-electron chi connectivity index (χ1n) is 5.90. The van der Waals surface area contributed by atoms with Crippen LogP contribution in [-0.4, -0.2) is 12.1 Å². The minimum atomic E-state index is -0.159. The molecule has 0 saturated heterocycles. The fourth-order valence-electron chi connectivity index (χ4n) is 1.81. The molecule has 0 heterocycles. The molecule has 1 unspecified atom stereocenters. The van der Waals surface area contributed by atoms with Crippen LogP contribution in [0.25, 0.3) is 0 Å². The minimum absolute atomic E-state index is 0.159. The Morgan fingerprint density at radius 2 is 2.12 bits per heavy atom. The monoisotopic (exact) mass is 228 g/mol. The lowest BCUT2D eigenvalue weighted by molar-refractivity contribution is 0.0955. The number of rotatable bonds is 3. The van der Waals surface area contributed by atoms with E-state index >= 15 is 0 Å². The van der Waals surface area contributed by atoms with E-state index < -0.39 is 0 Å². The Bertz CT molecular complexity index is 423. The summed E-state index contributed by atoms with van der Waals surface area (Å²) in [6, 6.07) is 9.10. The van der Waals surface area contributed by atoms with E-state index in [1.54, 1.807) is 12.1 Å². The van der Waals surface area contributed by atoms with Crippen LogP contribution in [0.2, 0.25) is 0 Å². The predicted octanol–water partition coefficient (Wildman–Crippen LogP) is 2.76. The van der Waals surface area contributed by atoms with E-state index in [2.05, 4.69) is 22.7 Å².